The van der Waals surface area contributed by atoms with Crippen LogP contribution in [-0.2, 0) is 12.6 Å². The average Bonchev–Trinajstić information content (AvgIpc) is 2.88. The Morgan fingerprint density at radius 2 is 2.14 bits per heavy atom. The van der Waals surface area contributed by atoms with Gasteiger partial charge in [0.1, 0.15) is 0 Å². The summed E-state index contributed by atoms with van der Waals surface area (Å²) in [5, 5.41) is 4.02. The van der Waals surface area contributed by atoms with Gasteiger partial charge in [-0.1, -0.05) is 30.0 Å². The van der Waals surface area contributed by atoms with Gasteiger partial charge >= 0.3 is 6.18 Å². The predicted molar refractivity (Wildman–Crippen MR) is 74.5 cm³/mol. The standard InChI is InChI=1S/C13H15F3N4S/c1-2-4-10-12(21-20-19-10)11(18-17)8-5-3-6-9(7-8)13(14,15)16/h3,5-7,11,18H,2,4,17H2,1H3. The minimum Gasteiger partial charge on any atom is -0.271 e. The molecule has 0 aliphatic heterocycles. The Labute approximate surface area is 124 Å². The van der Waals surface area contributed by atoms with Crippen LogP contribution in [-0.4, -0.2) is 9.59 Å². The van der Waals surface area contributed by atoms with Gasteiger partial charge in [0.2, 0.25) is 0 Å². The van der Waals surface area contributed by atoms with Crippen molar-refractivity contribution < 1.29 is 13.2 Å². The molecule has 0 amide bonds. The Morgan fingerprint density at radius 3 is 2.76 bits per heavy atom. The first-order valence-corrected chi connectivity index (χ1v) is 7.19. The van der Waals surface area contributed by atoms with Gasteiger partial charge in [0.15, 0.2) is 0 Å². The maximum atomic E-state index is 12.8. The molecule has 21 heavy (non-hydrogen) atoms. The minimum absolute atomic E-state index is 0.440. The number of hydrogen-bond donors (Lipinski definition) is 2. The molecule has 8 heteroatoms. The van der Waals surface area contributed by atoms with E-state index in [1.165, 1.54) is 6.07 Å². The summed E-state index contributed by atoms with van der Waals surface area (Å²) in [5.41, 5.74) is 3.07. The number of nitrogens with zero attached hydrogens (tertiary/aromatic N) is 2. The van der Waals surface area contributed by atoms with E-state index >= 15 is 0 Å². The number of benzene rings is 1. The lowest BCUT2D eigenvalue weighted by Crippen LogP contribution is -2.29. The summed E-state index contributed by atoms with van der Waals surface area (Å²) in [4.78, 5) is 0.749. The zero-order chi connectivity index (χ0) is 15.5. The van der Waals surface area contributed by atoms with Crippen LogP contribution in [0.15, 0.2) is 24.3 Å². The van der Waals surface area contributed by atoms with E-state index in [1.807, 2.05) is 6.92 Å². The summed E-state index contributed by atoms with van der Waals surface area (Å²) in [6, 6.07) is 4.56. The number of hydrazine groups is 1. The van der Waals surface area contributed by atoms with Gasteiger partial charge in [-0.25, -0.2) is 5.43 Å². The number of aryl methyl sites for hydroxylation is 1. The topological polar surface area (TPSA) is 63.8 Å². The Kier molecular flexibility index (Phi) is 4.92. The third-order valence-electron chi connectivity index (χ3n) is 3.05. The first-order chi connectivity index (χ1) is 9.97. The van der Waals surface area contributed by atoms with E-state index in [1.54, 1.807) is 6.07 Å². The van der Waals surface area contributed by atoms with Crippen LogP contribution in [0.25, 0.3) is 0 Å². The smallest absolute Gasteiger partial charge is 0.271 e. The second kappa shape index (κ2) is 6.50. The molecule has 0 radical (unpaired) electrons. The number of alkyl halides is 3. The molecular weight excluding hydrogens is 301 g/mol. The molecule has 114 valence electrons. The molecule has 2 rings (SSSR count). The fourth-order valence-electron chi connectivity index (χ4n) is 2.06. The number of hydrogen-bond acceptors (Lipinski definition) is 5. The first kappa shape index (κ1) is 15.9. The highest BCUT2D eigenvalue weighted by Gasteiger charge is 2.31. The van der Waals surface area contributed by atoms with Crippen LogP contribution in [0.1, 0.15) is 41.1 Å². The number of nitrogens with two attached hydrogens (primary N) is 1. The second-order valence-electron chi connectivity index (χ2n) is 4.56. The number of nitrogens with one attached hydrogen (secondary N) is 1. The maximum absolute atomic E-state index is 12.8. The highest BCUT2D eigenvalue weighted by atomic mass is 32.1. The van der Waals surface area contributed by atoms with Gasteiger partial charge in [0.25, 0.3) is 0 Å². The summed E-state index contributed by atoms with van der Waals surface area (Å²) in [6.45, 7) is 2.00. The largest absolute Gasteiger partial charge is 0.416 e. The van der Waals surface area contributed by atoms with E-state index in [-0.39, 0.29) is 0 Å². The lowest BCUT2D eigenvalue weighted by Gasteiger charge is -2.17. The number of rotatable bonds is 5. The molecule has 0 bridgehead atoms. The Hall–Kier alpha value is -1.51. The Bertz CT molecular complexity index is 597. The van der Waals surface area contributed by atoms with Crippen LogP contribution in [0.4, 0.5) is 13.2 Å². The molecule has 0 aliphatic carbocycles. The highest BCUT2D eigenvalue weighted by Crippen LogP contribution is 2.33. The molecule has 1 aromatic heterocycles. The van der Waals surface area contributed by atoms with Gasteiger partial charge in [0, 0.05) is 0 Å². The van der Waals surface area contributed by atoms with E-state index in [0.717, 1.165) is 40.7 Å². The molecule has 3 N–H and O–H groups in total. The predicted octanol–water partition coefficient (Wildman–Crippen LogP) is 3.06. The van der Waals surface area contributed by atoms with Crippen LogP contribution in [0, 0.1) is 0 Å². The van der Waals surface area contributed by atoms with Crippen LogP contribution >= 0.6 is 11.5 Å². The maximum Gasteiger partial charge on any atom is 0.416 e. The van der Waals surface area contributed by atoms with Gasteiger partial charge in [-0.2, -0.15) is 13.2 Å². The van der Waals surface area contributed by atoms with Gasteiger partial charge in [-0.15, -0.1) is 5.10 Å². The molecule has 0 aliphatic rings. The van der Waals surface area contributed by atoms with Crippen LogP contribution < -0.4 is 11.3 Å². The number of aromatic nitrogens is 2. The molecule has 0 saturated heterocycles. The van der Waals surface area contributed by atoms with Crippen molar-refractivity contribution in [1.29, 1.82) is 0 Å². The molecule has 1 aromatic carbocycles. The fraction of sp³-hybridized carbons (Fsp3) is 0.385. The second-order valence-corrected chi connectivity index (χ2v) is 5.34. The lowest BCUT2D eigenvalue weighted by atomic mass is 10.0. The molecule has 0 spiro atoms. The monoisotopic (exact) mass is 316 g/mol. The Morgan fingerprint density at radius 1 is 1.38 bits per heavy atom. The van der Waals surface area contributed by atoms with Gasteiger partial charge in [0.05, 0.1) is 22.2 Å². The third-order valence-corrected chi connectivity index (χ3v) is 3.88. The quantitative estimate of drug-likeness (QED) is 0.657. The first-order valence-electron chi connectivity index (χ1n) is 6.41. The van der Waals surface area contributed by atoms with Crippen LogP contribution in [0.5, 0.6) is 0 Å². The van der Waals surface area contributed by atoms with E-state index in [9.17, 15) is 13.2 Å². The van der Waals surface area contributed by atoms with Crippen molar-refractivity contribution in [3.63, 3.8) is 0 Å². The molecular formula is C13H15F3N4S. The van der Waals surface area contributed by atoms with Gasteiger partial charge in [-0.05, 0) is 35.6 Å². The molecule has 0 fully saturated rings. The summed E-state index contributed by atoms with van der Waals surface area (Å²) in [6.07, 6.45) is -2.80. The van der Waals surface area contributed by atoms with Gasteiger partial charge < -0.3 is 0 Å². The van der Waals surface area contributed by atoms with Gasteiger partial charge in [-0.3, -0.25) is 5.84 Å². The summed E-state index contributed by atoms with van der Waals surface area (Å²) in [5.74, 6) is 5.54. The van der Waals surface area contributed by atoms with Crippen molar-refractivity contribution in [3.05, 3.63) is 46.0 Å². The fourth-order valence-corrected chi connectivity index (χ4v) is 2.85. The highest BCUT2D eigenvalue weighted by molar-refractivity contribution is 7.05. The van der Waals surface area contributed by atoms with E-state index < -0.39 is 17.8 Å². The third kappa shape index (κ3) is 3.58. The van der Waals surface area contributed by atoms with E-state index in [0.29, 0.717) is 12.0 Å². The SMILES string of the molecule is CCCc1nnsc1C(NN)c1cccc(C(F)(F)F)c1. The van der Waals surface area contributed by atoms with Crippen LogP contribution in [0.3, 0.4) is 0 Å². The van der Waals surface area contributed by atoms with Crippen molar-refractivity contribution in [2.24, 2.45) is 5.84 Å². The molecule has 2 aromatic rings. The summed E-state index contributed by atoms with van der Waals surface area (Å²) in [7, 11) is 0. The zero-order valence-corrected chi connectivity index (χ0v) is 12.1. The average molecular weight is 316 g/mol. The summed E-state index contributed by atoms with van der Waals surface area (Å²) < 4.78 is 42.3. The molecule has 1 atom stereocenters. The normalized spacial score (nSPS) is 13.4. The van der Waals surface area contributed by atoms with Crippen molar-refractivity contribution >= 4 is 11.5 Å². The number of halogens is 3. The van der Waals surface area contributed by atoms with Crippen molar-refractivity contribution in [1.82, 2.24) is 15.0 Å². The lowest BCUT2D eigenvalue weighted by molar-refractivity contribution is -0.137. The molecule has 4 nitrogen and oxygen atoms in total. The zero-order valence-electron chi connectivity index (χ0n) is 11.3. The van der Waals surface area contributed by atoms with E-state index in [2.05, 4.69) is 15.0 Å². The van der Waals surface area contributed by atoms with Crippen molar-refractivity contribution in [3.8, 4) is 0 Å². The minimum atomic E-state index is -4.38. The van der Waals surface area contributed by atoms with E-state index in [4.69, 9.17) is 5.84 Å². The van der Waals surface area contributed by atoms with Crippen molar-refractivity contribution in [2.45, 2.75) is 32.0 Å². The van der Waals surface area contributed by atoms with Crippen LogP contribution in [0.2, 0.25) is 0 Å². The molecule has 0 saturated carbocycles. The molecule has 1 unspecified atom stereocenters. The summed E-state index contributed by atoms with van der Waals surface area (Å²) >= 11 is 1.15. The molecule has 1 heterocycles. The van der Waals surface area contributed by atoms with Crippen molar-refractivity contribution in [2.75, 3.05) is 0 Å². The Balaban J connectivity index is 2.40.